The summed E-state index contributed by atoms with van der Waals surface area (Å²) in [5.41, 5.74) is 0. The van der Waals surface area contributed by atoms with Gasteiger partial charge in [0.05, 0.1) is 5.02 Å². The van der Waals surface area contributed by atoms with Gasteiger partial charge in [0, 0.05) is 6.42 Å². The van der Waals surface area contributed by atoms with Crippen LogP contribution in [0.3, 0.4) is 0 Å². The van der Waals surface area contributed by atoms with Gasteiger partial charge < -0.3 is 9.84 Å². The molecule has 2 aromatic heterocycles. The molecule has 1 aliphatic rings. The number of halogens is 1. The van der Waals surface area contributed by atoms with E-state index in [1.807, 2.05) is 11.4 Å². The topological polar surface area (TPSA) is 51.0 Å². The summed E-state index contributed by atoms with van der Waals surface area (Å²) in [6, 6.07) is 1.84. The first-order valence-electron chi connectivity index (χ1n) is 6.09. The van der Waals surface area contributed by atoms with E-state index in [1.54, 1.807) is 0 Å². The molecule has 4 nitrogen and oxygen atoms in total. The van der Waals surface area contributed by atoms with Crippen LogP contribution in [0.1, 0.15) is 18.7 Å². The second-order valence-electron chi connectivity index (χ2n) is 4.53. The predicted molar refractivity (Wildman–Crippen MR) is 71.9 cm³/mol. The summed E-state index contributed by atoms with van der Waals surface area (Å²) < 4.78 is 5.28. The Labute approximate surface area is 114 Å². The maximum Gasteiger partial charge on any atom is 0.269 e. The second-order valence-corrected chi connectivity index (χ2v) is 5.85. The number of nitrogens with one attached hydrogen (secondary N) is 1. The Morgan fingerprint density at radius 2 is 2.50 bits per heavy atom. The van der Waals surface area contributed by atoms with Crippen LogP contribution >= 0.6 is 22.9 Å². The van der Waals surface area contributed by atoms with Crippen molar-refractivity contribution in [2.45, 2.75) is 19.3 Å². The molecule has 1 unspecified atom stereocenters. The molecule has 0 aliphatic carbocycles. The van der Waals surface area contributed by atoms with Crippen molar-refractivity contribution in [1.82, 2.24) is 15.5 Å². The van der Waals surface area contributed by atoms with E-state index in [1.165, 1.54) is 24.2 Å². The molecule has 1 N–H and O–H groups in total. The normalized spacial score (nSPS) is 20.2. The van der Waals surface area contributed by atoms with Crippen LogP contribution in [0.4, 0.5) is 0 Å². The molecular formula is C12H14ClN3OS. The lowest BCUT2D eigenvalue weighted by Gasteiger charge is -2.20. The molecular weight excluding hydrogens is 270 g/mol. The van der Waals surface area contributed by atoms with E-state index in [0.29, 0.717) is 16.8 Å². The van der Waals surface area contributed by atoms with Gasteiger partial charge in [-0.05, 0) is 43.3 Å². The lowest BCUT2D eigenvalue weighted by molar-refractivity contribution is 0.360. The molecule has 3 heterocycles. The SMILES string of the molecule is Clc1ccsc1-c1nc(CC2CCCNC2)no1. The molecule has 0 bridgehead atoms. The van der Waals surface area contributed by atoms with E-state index in [4.69, 9.17) is 16.1 Å². The molecule has 1 saturated heterocycles. The monoisotopic (exact) mass is 283 g/mol. The van der Waals surface area contributed by atoms with E-state index in [0.717, 1.165) is 30.2 Å². The van der Waals surface area contributed by atoms with Gasteiger partial charge in [-0.1, -0.05) is 16.8 Å². The first-order valence-corrected chi connectivity index (χ1v) is 7.35. The van der Waals surface area contributed by atoms with E-state index < -0.39 is 0 Å². The Balaban J connectivity index is 1.71. The Morgan fingerprint density at radius 3 is 3.22 bits per heavy atom. The summed E-state index contributed by atoms with van der Waals surface area (Å²) in [5, 5.41) is 10.0. The van der Waals surface area contributed by atoms with Crippen molar-refractivity contribution in [3.63, 3.8) is 0 Å². The quantitative estimate of drug-likeness (QED) is 0.941. The van der Waals surface area contributed by atoms with Crippen LogP contribution < -0.4 is 5.32 Å². The molecule has 0 radical (unpaired) electrons. The molecule has 0 saturated carbocycles. The largest absolute Gasteiger partial charge is 0.333 e. The molecule has 3 rings (SSSR count). The molecule has 1 aliphatic heterocycles. The van der Waals surface area contributed by atoms with Gasteiger partial charge in [0.15, 0.2) is 5.82 Å². The summed E-state index contributed by atoms with van der Waals surface area (Å²) in [4.78, 5) is 5.29. The Kier molecular flexibility index (Phi) is 3.63. The zero-order valence-electron chi connectivity index (χ0n) is 9.86. The van der Waals surface area contributed by atoms with Gasteiger partial charge in [-0.3, -0.25) is 0 Å². The summed E-state index contributed by atoms with van der Waals surface area (Å²) >= 11 is 7.57. The summed E-state index contributed by atoms with van der Waals surface area (Å²) in [6.45, 7) is 2.17. The van der Waals surface area contributed by atoms with Crippen molar-refractivity contribution in [2.24, 2.45) is 5.92 Å². The zero-order valence-corrected chi connectivity index (χ0v) is 11.4. The molecule has 0 spiro atoms. The van der Waals surface area contributed by atoms with Crippen molar-refractivity contribution in [2.75, 3.05) is 13.1 Å². The van der Waals surface area contributed by atoms with Crippen LogP contribution in [0.25, 0.3) is 10.8 Å². The van der Waals surface area contributed by atoms with Crippen molar-refractivity contribution < 1.29 is 4.52 Å². The zero-order chi connectivity index (χ0) is 12.4. The maximum atomic E-state index is 6.05. The van der Waals surface area contributed by atoms with Gasteiger partial charge in [0.2, 0.25) is 0 Å². The Morgan fingerprint density at radius 1 is 1.56 bits per heavy atom. The highest BCUT2D eigenvalue weighted by molar-refractivity contribution is 7.14. The van der Waals surface area contributed by atoms with E-state index in [2.05, 4.69) is 15.5 Å². The third-order valence-electron chi connectivity index (χ3n) is 3.15. The minimum Gasteiger partial charge on any atom is -0.333 e. The molecule has 1 fully saturated rings. The highest BCUT2D eigenvalue weighted by Gasteiger charge is 2.18. The average Bonchev–Trinajstić information content (AvgIpc) is 2.99. The van der Waals surface area contributed by atoms with Crippen LogP contribution in [-0.2, 0) is 6.42 Å². The van der Waals surface area contributed by atoms with Crippen molar-refractivity contribution in [1.29, 1.82) is 0 Å². The van der Waals surface area contributed by atoms with E-state index in [-0.39, 0.29) is 0 Å². The minimum atomic E-state index is 0.536. The third kappa shape index (κ3) is 2.58. The van der Waals surface area contributed by atoms with Crippen LogP contribution in [0.15, 0.2) is 16.0 Å². The summed E-state index contributed by atoms with van der Waals surface area (Å²) in [5.74, 6) is 1.93. The smallest absolute Gasteiger partial charge is 0.269 e. The fraction of sp³-hybridized carbons (Fsp3) is 0.500. The van der Waals surface area contributed by atoms with Crippen molar-refractivity contribution in [3.05, 3.63) is 22.3 Å². The number of rotatable bonds is 3. The van der Waals surface area contributed by atoms with Gasteiger partial charge in [-0.15, -0.1) is 11.3 Å². The van der Waals surface area contributed by atoms with Gasteiger partial charge in [-0.25, -0.2) is 0 Å². The standard InChI is InChI=1S/C12H14ClN3OS/c13-9-3-5-18-11(9)12-15-10(16-17-12)6-8-2-1-4-14-7-8/h3,5,8,14H,1-2,4,6-7H2. The van der Waals surface area contributed by atoms with E-state index >= 15 is 0 Å². The first kappa shape index (κ1) is 12.1. The van der Waals surface area contributed by atoms with Crippen LogP contribution in [0.5, 0.6) is 0 Å². The number of hydrogen-bond donors (Lipinski definition) is 1. The van der Waals surface area contributed by atoms with Crippen molar-refractivity contribution >= 4 is 22.9 Å². The first-order chi connectivity index (χ1) is 8.83. The minimum absolute atomic E-state index is 0.536. The molecule has 0 amide bonds. The third-order valence-corrected chi connectivity index (χ3v) is 4.48. The highest BCUT2D eigenvalue weighted by atomic mass is 35.5. The molecule has 1 atom stereocenters. The summed E-state index contributed by atoms with van der Waals surface area (Å²) in [7, 11) is 0. The highest BCUT2D eigenvalue weighted by Crippen LogP contribution is 2.32. The Hall–Kier alpha value is -0.910. The van der Waals surface area contributed by atoms with Gasteiger partial charge in [0.25, 0.3) is 5.89 Å². The van der Waals surface area contributed by atoms with E-state index in [9.17, 15) is 0 Å². The summed E-state index contributed by atoms with van der Waals surface area (Å²) in [6.07, 6.45) is 3.34. The molecule has 96 valence electrons. The van der Waals surface area contributed by atoms with Crippen LogP contribution in [-0.4, -0.2) is 23.2 Å². The fourth-order valence-electron chi connectivity index (χ4n) is 2.23. The predicted octanol–water partition coefficient (Wildman–Crippen LogP) is 2.99. The van der Waals surface area contributed by atoms with Gasteiger partial charge >= 0.3 is 0 Å². The number of piperidine rings is 1. The molecule has 6 heteroatoms. The van der Waals surface area contributed by atoms with Crippen LogP contribution in [0.2, 0.25) is 5.02 Å². The van der Waals surface area contributed by atoms with Crippen LogP contribution in [0, 0.1) is 5.92 Å². The molecule has 0 aromatic carbocycles. The second kappa shape index (κ2) is 5.38. The molecule has 2 aromatic rings. The lowest BCUT2D eigenvalue weighted by Crippen LogP contribution is -2.31. The number of hydrogen-bond acceptors (Lipinski definition) is 5. The number of thiophene rings is 1. The lowest BCUT2D eigenvalue weighted by atomic mass is 9.96. The molecule has 18 heavy (non-hydrogen) atoms. The van der Waals surface area contributed by atoms with Gasteiger partial charge in [0.1, 0.15) is 4.88 Å². The number of aromatic nitrogens is 2. The van der Waals surface area contributed by atoms with Crippen molar-refractivity contribution in [3.8, 4) is 10.8 Å². The van der Waals surface area contributed by atoms with Gasteiger partial charge in [-0.2, -0.15) is 4.98 Å². The maximum absolute atomic E-state index is 6.05. The number of nitrogens with zero attached hydrogens (tertiary/aromatic N) is 2. The Bertz CT molecular complexity index is 519. The average molecular weight is 284 g/mol. The fourth-order valence-corrected chi connectivity index (χ4v) is 3.29.